The molecule has 0 aliphatic carbocycles. The van der Waals surface area contributed by atoms with Gasteiger partial charge in [-0.15, -0.1) is 0 Å². The number of unbranched alkanes of at least 4 members (excludes halogenated alkanes) is 1. The molecule has 0 bridgehead atoms. The molecule has 0 N–H and O–H groups in total. The van der Waals surface area contributed by atoms with Crippen molar-refractivity contribution in [3.8, 4) is 11.5 Å². The molecule has 2 nitrogen and oxygen atoms in total. The van der Waals surface area contributed by atoms with Crippen molar-refractivity contribution >= 4 is 33.2 Å². The van der Waals surface area contributed by atoms with E-state index in [-0.39, 0.29) is 0 Å². The molecule has 6 rings (SSSR count). The summed E-state index contributed by atoms with van der Waals surface area (Å²) in [5, 5.41) is 4.89. The van der Waals surface area contributed by atoms with Crippen LogP contribution in [0, 0.1) is 5.92 Å². The highest BCUT2D eigenvalue weighted by molar-refractivity contribution is 5.98. The van der Waals surface area contributed by atoms with Crippen molar-refractivity contribution in [1.29, 1.82) is 0 Å². The number of benzene rings is 4. The molecule has 0 radical (unpaired) electrons. The van der Waals surface area contributed by atoms with E-state index in [0.717, 1.165) is 23.5 Å². The van der Waals surface area contributed by atoms with Gasteiger partial charge in [0.25, 0.3) is 5.79 Å². The Bertz CT molecular complexity index is 1420. The molecule has 2 heteroatoms. The summed E-state index contributed by atoms with van der Waals surface area (Å²) in [6.45, 7) is 4.59. The molecule has 0 aromatic heterocycles. The van der Waals surface area contributed by atoms with Crippen LogP contribution < -0.4 is 9.47 Å². The van der Waals surface area contributed by atoms with Crippen molar-refractivity contribution in [2.75, 3.05) is 0 Å². The Morgan fingerprint density at radius 3 is 2.24 bits per heavy atom. The van der Waals surface area contributed by atoms with Gasteiger partial charge in [0.15, 0.2) is 0 Å². The summed E-state index contributed by atoms with van der Waals surface area (Å²) in [4.78, 5) is 0. The van der Waals surface area contributed by atoms with Crippen LogP contribution in [0.25, 0.3) is 33.2 Å². The maximum atomic E-state index is 6.64. The van der Waals surface area contributed by atoms with Gasteiger partial charge in [0, 0.05) is 23.3 Å². The first-order valence-corrected chi connectivity index (χ1v) is 12.0. The highest BCUT2D eigenvalue weighted by Crippen LogP contribution is 2.47. The van der Waals surface area contributed by atoms with E-state index in [1.54, 1.807) is 0 Å². The smallest absolute Gasteiger partial charge is 0.292 e. The number of fused-ring (bicyclic) bond motifs is 6. The molecule has 0 saturated heterocycles. The van der Waals surface area contributed by atoms with Crippen LogP contribution >= 0.6 is 0 Å². The van der Waals surface area contributed by atoms with Gasteiger partial charge in [-0.25, -0.2) is 0 Å². The third kappa shape index (κ3) is 3.33. The molecule has 4 aromatic rings. The zero-order chi connectivity index (χ0) is 22.4. The lowest BCUT2D eigenvalue weighted by Crippen LogP contribution is -2.42. The first kappa shape index (κ1) is 20.1. The summed E-state index contributed by atoms with van der Waals surface area (Å²) >= 11 is 0. The molecular formula is C31H28O2. The highest BCUT2D eigenvalue weighted by Gasteiger charge is 2.39. The third-order valence-electron chi connectivity index (χ3n) is 7.01. The van der Waals surface area contributed by atoms with Crippen LogP contribution in [-0.2, 0) is 0 Å². The zero-order valence-electron chi connectivity index (χ0n) is 19.2. The minimum Gasteiger partial charge on any atom is -0.445 e. The third-order valence-corrected chi connectivity index (χ3v) is 7.01. The van der Waals surface area contributed by atoms with E-state index < -0.39 is 5.79 Å². The van der Waals surface area contributed by atoms with Crippen molar-refractivity contribution in [2.24, 2.45) is 5.92 Å². The Labute approximate surface area is 195 Å². The van der Waals surface area contributed by atoms with E-state index in [4.69, 9.17) is 9.47 Å². The Morgan fingerprint density at radius 1 is 0.788 bits per heavy atom. The summed E-state index contributed by atoms with van der Waals surface area (Å²) in [6.07, 6.45) is 10.0. The lowest BCUT2D eigenvalue weighted by molar-refractivity contribution is -0.0314. The zero-order valence-corrected chi connectivity index (χ0v) is 19.2. The maximum absolute atomic E-state index is 6.64. The molecule has 164 valence electrons. The second-order valence-electron chi connectivity index (χ2n) is 9.26. The van der Waals surface area contributed by atoms with Gasteiger partial charge in [-0.1, -0.05) is 87.4 Å². The van der Waals surface area contributed by atoms with Crippen molar-refractivity contribution in [1.82, 2.24) is 0 Å². The fourth-order valence-electron chi connectivity index (χ4n) is 5.25. The average Bonchev–Trinajstić information content (AvgIpc) is 2.86. The minimum absolute atomic E-state index is 0.408. The molecule has 1 spiro atoms. The highest BCUT2D eigenvalue weighted by atomic mass is 16.7. The van der Waals surface area contributed by atoms with Gasteiger partial charge in [0.05, 0.1) is 0 Å². The Kier molecular flexibility index (Phi) is 4.76. The van der Waals surface area contributed by atoms with Crippen LogP contribution in [0.2, 0.25) is 0 Å². The van der Waals surface area contributed by atoms with Gasteiger partial charge in [0.2, 0.25) is 0 Å². The van der Waals surface area contributed by atoms with Crippen molar-refractivity contribution in [2.45, 2.75) is 38.9 Å². The topological polar surface area (TPSA) is 18.5 Å². The van der Waals surface area contributed by atoms with Crippen molar-refractivity contribution < 1.29 is 9.47 Å². The standard InChI is InChI=1S/C31H28O2/c1-3-4-9-21(2)27-20-31(33-29-17-15-23-11-6-8-13-25(23)30(27)29)19-18-26-24-12-7-5-10-22(24)14-16-28(26)32-31/h5-8,10-21H,3-4,9H2,1-2H3. The molecule has 0 amide bonds. The van der Waals surface area contributed by atoms with Crippen LogP contribution in [0.3, 0.4) is 0 Å². The van der Waals surface area contributed by atoms with Gasteiger partial charge in [0.1, 0.15) is 11.5 Å². The van der Waals surface area contributed by atoms with E-state index in [1.807, 2.05) is 0 Å². The van der Waals surface area contributed by atoms with E-state index in [0.29, 0.717) is 5.92 Å². The number of hydrogen-bond donors (Lipinski definition) is 0. The molecule has 0 fully saturated rings. The quantitative estimate of drug-likeness (QED) is 0.322. The van der Waals surface area contributed by atoms with E-state index in [9.17, 15) is 0 Å². The first-order chi connectivity index (χ1) is 16.2. The summed E-state index contributed by atoms with van der Waals surface area (Å²) in [5.41, 5.74) is 3.64. The van der Waals surface area contributed by atoms with E-state index in [1.165, 1.54) is 45.5 Å². The van der Waals surface area contributed by atoms with Crippen LogP contribution in [0.4, 0.5) is 0 Å². The number of hydrogen-bond acceptors (Lipinski definition) is 2. The molecule has 0 saturated carbocycles. The van der Waals surface area contributed by atoms with Crippen LogP contribution in [0.15, 0.2) is 84.9 Å². The molecule has 2 unspecified atom stereocenters. The molecule has 33 heavy (non-hydrogen) atoms. The van der Waals surface area contributed by atoms with E-state index >= 15 is 0 Å². The predicted octanol–water partition coefficient (Wildman–Crippen LogP) is 8.40. The fourth-order valence-corrected chi connectivity index (χ4v) is 5.25. The predicted molar refractivity (Wildman–Crippen MR) is 138 cm³/mol. The Morgan fingerprint density at radius 2 is 1.45 bits per heavy atom. The summed E-state index contributed by atoms with van der Waals surface area (Å²) in [5.74, 6) is 1.23. The number of allylic oxidation sites excluding steroid dienone is 1. The van der Waals surface area contributed by atoms with E-state index in [2.05, 4.69) is 105 Å². The Balaban J connectivity index is 1.51. The molecule has 4 aromatic carbocycles. The second kappa shape index (κ2) is 7.81. The summed E-state index contributed by atoms with van der Waals surface area (Å²) < 4.78 is 13.3. The van der Waals surface area contributed by atoms with Crippen molar-refractivity contribution in [3.63, 3.8) is 0 Å². The van der Waals surface area contributed by atoms with Gasteiger partial charge in [-0.3, -0.25) is 0 Å². The monoisotopic (exact) mass is 432 g/mol. The van der Waals surface area contributed by atoms with Gasteiger partial charge in [-0.05, 0) is 57.7 Å². The largest absolute Gasteiger partial charge is 0.445 e. The molecule has 2 heterocycles. The number of ether oxygens (including phenoxy) is 2. The van der Waals surface area contributed by atoms with Crippen LogP contribution in [0.1, 0.15) is 44.2 Å². The lowest BCUT2D eigenvalue weighted by Gasteiger charge is -2.38. The van der Waals surface area contributed by atoms with Gasteiger partial charge in [-0.2, -0.15) is 0 Å². The maximum Gasteiger partial charge on any atom is 0.292 e. The lowest BCUT2D eigenvalue weighted by atomic mass is 9.83. The van der Waals surface area contributed by atoms with Crippen LogP contribution in [0.5, 0.6) is 11.5 Å². The normalized spacial score (nSPS) is 19.5. The molecule has 2 aliphatic rings. The summed E-state index contributed by atoms with van der Waals surface area (Å²) in [7, 11) is 0. The summed E-state index contributed by atoms with van der Waals surface area (Å²) in [6, 6.07) is 25.5. The Hall–Kier alpha value is -3.52. The molecule has 2 aliphatic heterocycles. The van der Waals surface area contributed by atoms with Crippen molar-refractivity contribution in [3.05, 3.63) is 96.1 Å². The number of rotatable bonds is 4. The first-order valence-electron chi connectivity index (χ1n) is 12.0. The minimum atomic E-state index is -0.930. The second-order valence-corrected chi connectivity index (χ2v) is 9.26. The fraction of sp³-hybridized carbons (Fsp3) is 0.226. The molecular weight excluding hydrogens is 404 g/mol. The molecule has 2 atom stereocenters. The van der Waals surface area contributed by atoms with Crippen LogP contribution in [-0.4, -0.2) is 5.79 Å². The SMILES string of the molecule is CCCCC(C)C1=CC2(C=Cc3c(ccc4ccccc34)O2)Oc2ccc3ccccc3c21. The average molecular weight is 433 g/mol. The van der Waals surface area contributed by atoms with Gasteiger partial charge < -0.3 is 9.47 Å². The van der Waals surface area contributed by atoms with Gasteiger partial charge >= 0.3 is 0 Å².